The Balaban J connectivity index is 2.01. The molecule has 1 aromatic heterocycles. The van der Waals surface area contributed by atoms with Gasteiger partial charge in [-0.05, 0) is 12.8 Å². The molecule has 1 heterocycles. The lowest BCUT2D eigenvalue weighted by molar-refractivity contribution is -0.137. The number of hydrogen-bond donors (Lipinski definition) is 2. The quantitative estimate of drug-likeness (QED) is 0.770. The molecular formula is C10H15N3O4S. The molecular weight excluding hydrogens is 258 g/mol. The number of carbonyl (C=O) groups is 1. The highest BCUT2D eigenvalue weighted by Crippen LogP contribution is 2.20. The predicted molar refractivity (Wildman–Crippen MR) is 62.4 cm³/mol. The number of aryl methyl sites for hydroxylation is 1. The van der Waals surface area contributed by atoms with Gasteiger partial charge in [-0.15, -0.1) is 0 Å². The van der Waals surface area contributed by atoms with Crippen LogP contribution in [-0.4, -0.2) is 35.3 Å². The van der Waals surface area contributed by atoms with Gasteiger partial charge < -0.3 is 5.11 Å². The van der Waals surface area contributed by atoms with E-state index in [0.717, 1.165) is 19.3 Å². The number of hydrogen-bond acceptors (Lipinski definition) is 4. The van der Waals surface area contributed by atoms with E-state index < -0.39 is 16.0 Å². The molecule has 2 N–H and O–H groups in total. The van der Waals surface area contributed by atoms with E-state index in [1.165, 1.54) is 17.1 Å². The summed E-state index contributed by atoms with van der Waals surface area (Å²) >= 11 is 0. The molecule has 1 aliphatic rings. The van der Waals surface area contributed by atoms with Crippen LogP contribution in [0.1, 0.15) is 25.7 Å². The van der Waals surface area contributed by atoms with Crippen molar-refractivity contribution in [3.05, 3.63) is 12.4 Å². The summed E-state index contributed by atoms with van der Waals surface area (Å²) in [6, 6.07) is 0.0253. The fraction of sp³-hybridized carbons (Fsp3) is 0.600. The molecule has 1 aliphatic carbocycles. The van der Waals surface area contributed by atoms with Crippen molar-refractivity contribution >= 4 is 16.0 Å². The Morgan fingerprint density at radius 3 is 2.83 bits per heavy atom. The summed E-state index contributed by atoms with van der Waals surface area (Å²) in [6.07, 6.45) is 5.29. The summed E-state index contributed by atoms with van der Waals surface area (Å²) in [6.45, 7) is 0.161. The highest BCUT2D eigenvalue weighted by molar-refractivity contribution is 7.89. The molecule has 100 valence electrons. The van der Waals surface area contributed by atoms with Crippen molar-refractivity contribution < 1.29 is 18.3 Å². The fourth-order valence-corrected chi connectivity index (χ4v) is 2.89. The number of aliphatic carboxylic acids is 1. The highest BCUT2D eigenvalue weighted by Gasteiger charge is 2.25. The standard InChI is InChI=1S/C10H15N3O4S/c14-10(15)4-5-13-7-9(6-11-13)18(16,17)12-8-2-1-3-8/h6-8,12H,1-5H2,(H,14,15). The van der Waals surface area contributed by atoms with E-state index in [2.05, 4.69) is 9.82 Å². The van der Waals surface area contributed by atoms with E-state index in [-0.39, 0.29) is 23.9 Å². The lowest BCUT2D eigenvalue weighted by Crippen LogP contribution is -2.39. The Morgan fingerprint density at radius 2 is 2.28 bits per heavy atom. The van der Waals surface area contributed by atoms with Gasteiger partial charge in [-0.1, -0.05) is 6.42 Å². The number of carboxylic acids is 1. The molecule has 0 unspecified atom stereocenters. The monoisotopic (exact) mass is 273 g/mol. The third-order valence-electron chi connectivity index (χ3n) is 2.90. The lowest BCUT2D eigenvalue weighted by atomic mass is 9.94. The third-order valence-corrected chi connectivity index (χ3v) is 4.38. The first kappa shape index (κ1) is 13.0. The maximum atomic E-state index is 11.9. The SMILES string of the molecule is O=C(O)CCn1cc(S(=O)(=O)NC2CCC2)cn1. The van der Waals surface area contributed by atoms with Crippen LogP contribution in [0.15, 0.2) is 17.3 Å². The minimum absolute atomic E-state index is 0.0253. The maximum Gasteiger partial charge on any atom is 0.305 e. The topological polar surface area (TPSA) is 101 Å². The second-order valence-corrected chi connectivity index (χ2v) is 6.05. The summed E-state index contributed by atoms with van der Waals surface area (Å²) in [5.41, 5.74) is 0. The normalized spacial score (nSPS) is 16.4. The van der Waals surface area contributed by atoms with Gasteiger partial charge in [-0.2, -0.15) is 5.10 Å². The van der Waals surface area contributed by atoms with Gasteiger partial charge >= 0.3 is 5.97 Å². The maximum absolute atomic E-state index is 11.9. The Labute approximate surface area is 105 Å². The van der Waals surface area contributed by atoms with Crippen LogP contribution in [0, 0.1) is 0 Å². The number of carboxylic acid groups (broad SMARTS) is 1. The summed E-state index contributed by atoms with van der Waals surface area (Å²) in [4.78, 5) is 10.5. The van der Waals surface area contributed by atoms with Crippen molar-refractivity contribution in [1.29, 1.82) is 0 Å². The minimum Gasteiger partial charge on any atom is -0.481 e. The average Bonchev–Trinajstić information content (AvgIpc) is 2.70. The molecule has 0 saturated heterocycles. The van der Waals surface area contributed by atoms with Crippen LogP contribution in [0.5, 0.6) is 0 Å². The van der Waals surface area contributed by atoms with E-state index in [1.54, 1.807) is 0 Å². The van der Waals surface area contributed by atoms with Crippen molar-refractivity contribution in [2.24, 2.45) is 0 Å². The average molecular weight is 273 g/mol. The van der Waals surface area contributed by atoms with Crippen LogP contribution >= 0.6 is 0 Å². The van der Waals surface area contributed by atoms with Crippen molar-refractivity contribution in [2.75, 3.05) is 0 Å². The zero-order valence-electron chi connectivity index (χ0n) is 9.74. The summed E-state index contributed by atoms with van der Waals surface area (Å²) in [7, 11) is -3.52. The van der Waals surface area contributed by atoms with E-state index in [0.29, 0.717) is 0 Å². The summed E-state index contributed by atoms with van der Waals surface area (Å²) in [5, 5.41) is 12.4. The minimum atomic E-state index is -3.52. The van der Waals surface area contributed by atoms with Gasteiger partial charge in [0.15, 0.2) is 0 Å². The summed E-state index contributed by atoms with van der Waals surface area (Å²) in [5.74, 6) is -0.942. The molecule has 0 atom stereocenters. The van der Waals surface area contributed by atoms with Gasteiger partial charge in [0.2, 0.25) is 10.0 Å². The van der Waals surface area contributed by atoms with Crippen molar-refractivity contribution in [1.82, 2.24) is 14.5 Å². The van der Waals surface area contributed by atoms with Crippen LogP contribution in [-0.2, 0) is 21.4 Å². The third kappa shape index (κ3) is 3.08. The molecule has 0 spiro atoms. The molecule has 8 heteroatoms. The second-order valence-electron chi connectivity index (χ2n) is 4.33. The molecule has 0 radical (unpaired) electrons. The van der Waals surface area contributed by atoms with Crippen LogP contribution in [0.2, 0.25) is 0 Å². The zero-order chi connectivity index (χ0) is 13.2. The number of nitrogens with one attached hydrogen (secondary N) is 1. The van der Waals surface area contributed by atoms with Crippen molar-refractivity contribution in [3.8, 4) is 0 Å². The predicted octanol–water partition coefficient (Wildman–Crippen LogP) is 0.189. The molecule has 2 rings (SSSR count). The van der Waals surface area contributed by atoms with Crippen LogP contribution in [0.25, 0.3) is 0 Å². The van der Waals surface area contributed by atoms with E-state index >= 15 is 0 Å². The lowest BCUT2D eigenvalue weighted by Gasteiger charge is -2.25. The molecule has 1 saturated carbocycles. The number of aromatic nitrogens is 2. The van der Waals surface area contributed by atoms with Crippen LogP contribution in [0.3, 0.4) is 0 Å². The van der Waals surface area contributed by atoms with Gasteiger partial charge in [-0.25, -0.2) is 13.1 Å². The van der Waals surface area contributed by atoms with Crippen LogP contribution in [0.4, 0.5) is 0 Å². The van der Waals surface area contributed by atoms with Gasteiger partial charge in [0.1, 0.15) is 4.90 Å². The number of nitrogens with zero attached hydrogens (tertiary/aromatic N) is 2. The number of sulfonamides is 1. The Morgan fingerprint density at radius 1 is 1.56 bits per heavy atom. The first-order valence-electron chi connectivity index (χ1n) is 5.74. The first-order valence-corrected chi connectivity index (χ1v) is 7.22. The smallest absolute Gasteiger partial charge is 0.305 e. The molecule has 1 fully saturated rings. The fourth-order valence-electron chi connectivity index (χ4n) is 1.63. The molecule has 0 bridgehead atoms. The Bertz CT molecular complexity index is 533. The van der Waals surface area contributed by atoms with E-state index in [1.807, 2.05) is 0 Å². The van der Waals surface area contributed by atoms with Crippen LogP contribution < -0.4 is 4.72 Å². The zero-order valence-corrected chi connectivity index (χ0v) is 10.6. The van der Waals surface area contributed by atoms with Gasteiger partial charge in [0, 0.05) is 12.2 Å². The second kappa shape index (κ2) is 5.07. The van der Waals surface area contributed by atoms with Crippen molar-refractivity contribution in [3.63, 3.8) is 0 Å². The Kier molecular flexibility index (Phi) is 3.67. The molecule has 1 aromatic rings. The van der Waals surface area contributed by atoms with Gasteiger partial charge in [0.25, 0.3) is 0 Å². The molecule has 0 amide bonds. The van der Waals surface area contributed by atoms with E-state index in [9.17, 15) is 13.2 Å². The van der Waals surface area contributed by atoms with Gasteiger partial charge in [-0.3, -0.25) is 9.48 Å². The summed E-state index contributed by atoms with van der Waals surface area (Å²) < 4.78 is 27.7. The van der Waals surface area contributed by atoms with E-state index in [4.69, 9.17) is 5.11 Å². The van der Waals surface area contributed by atoms with Crippen molar-refractivity contribution in [2.45, 2.75) is 43.2 Å². The highest BCUT2D eigenvalue weighted by atomic mass is 32.2. The number of rotatable bonds is 6. The molecule has 0 aromatic carbocycles. The molecule has 0 aliphatic heterocycles. The first-order chi connectivity index (χ1) is 8.47. The Hall–Kier alpha value is -1.41. The van der Waals surface area contributed by atoms with Gasteiger partial charge in [0.05, 0.1) is 19.2 Å². The largest absolute Gasteiger partial charge is 0.481 e. The molecule has 7 nitrogen and oxygen atoms in total. The molecule has 18 heavy (non-hydrogen) atoms.